The molecule has 4 nitrogen and oxygen atoms in total. The summed E-state index contributed by atoms with van der Waals surface area (Å²) < 4.78 is 4.76. The Bertz CT molecular complexity index is 430. The van der Waals surface area contributed by atoms with Crippen molar-refractivity contribution in [3.05, 3.63) is 35.9 Å². The normalized spacial score (nSPS) is 22.5. The molecule has 0 radical (unpaired) electrons. The van der Waals surface area contributed by atoms with Gasteiger partial charge in [-0.25, -0.2) is 0 Å². The summed E-state index contributed by atoms with van der Waals surface area (Å²) in [6.07, 6.45) is 2.56. The van der Waals surface area contributed by atoms with Crippen LogP contribution >= 0.6 is 0 Å². The molecular weight excluding hydrogens is 230 g/mol. The van der Waals surface area contributed by atoms with Crippen LogP contribution in [0.2, 0.25) is 0 Å². The van der Waals surface area contributed by atoms with Gasteiger partial charge in [-0.15, -0.1) is 0 Å². The first-order chi connectivity index (χ1) is 8.72. The number of benzene rings is 1. The smallest absolute Gasteiger partial charge is 0.310 e. The first-order valence-corrected chi connectivity index (χ1v) is 6.16. The third-order valence-corrected chi connectivity index (χ3v) is 3.37. The third kappa shape index (κ3) is 2.70. The Labute approximate surface area is 106 Å². The minimum absolute atomic E-state index is 0.106. The van der Waals surface area contributed by atoms with Crippen LogP contribution in [0.25, 0.3) is 0 Å². The monoisotopic (exact) mass is 247 g/mol. The van der Waals surface area contributed by atoms with Crippen LogP contribution in [0.3, 0.4) is 0 Å². The highest BCUT2D eigenvalue weighted by molar-refractivity contribution is 5.94. The van der Waals surface area contributed by atoms with Crippen LogP contribution < -0.4 is 5.32 Å². The van der Waals surface area contributed by atoms with Crippen molar-refractivity contribution in [1.29, 1.82) is 0 Å². The molecule has 96 valence electrons. The average molecular weight is 247 g/mol. The molecule has 1 aliphatic carbocycles. The fourth-order valence-electron chi connectivity index (χ4n) is 2.41. The number of nitrogens with one attached hydrogen (secondary N) is 1. The van der Waals surface area contributed by atoms with Crippen LogP contribution in [-0.4, -0.2) is 25.0 Å². The summed E-state index contributed by atoms with van der Waals surface area (Å²) in [6.45, 7) is 0. The van der Waals surface area contributed by atoms with Crippen molar-refractivity contribution in [2.45, 2.75) is 25.3 Å². The highest BCUT2D eigenvalue weighted by atomic mass is 16.5. The molecule has 4 heteroatoms. The quantitative estimate of drug-likeness (QED) is 0.828. The zero-order chi connectivity index (χ0) is 13.0. The van der Waals surface area contributed by atoms with Gasteiger partial charge in [0, 0.05) is 11.6 Å². The van der Waals surface area contributed by atoms with Crippen LogP contribution in [0.1, 0.15) is 29.6 Å². The second kappa shape index (κ2) is 5.67. The Morgan fingerprint density at radius 3 is 2.61 bits per heavy atom. The van der Waals surface area contributed by atoms with E-state index in [0.29, 0.717) is 5.56 Å². The van der Waals surface area contributed by atoms with Crippen molar-refractivity contribution in [2.75, 3.05) is 7.11 Å². The number of rotatable bonds is 3. The lowest BCUT2D eigenvalue weighted by Gasteiger charge is -2.18. The minimum atomic E-state index is -0.231. The summed E-state index contributed by atoms with van der Waals surface area (Å²) in [5.74, 6) is -0.565. The number of hydrogen-bond donors (Lipinski definition) is 1. The Balaban J connectivity index is 2.01. The van der Waals surface area contributed by atoms with Crippen molar-refractivity contribution in [1.82, 2.24) is 5.32 Å². The van der Waals surface area contributed by atoms with Gasteiger partial charge in [0.1, 0.15) is 0 Å². The van der Waals surface area contributed by atoms with E-state index in [1.807, 2.05) is 18.2 Å². The molecule has 1 fully saturated rings. The van der Waals surface area contributed by atoms with Crippen LogP contribution in [0, 0.1) is 5.92 Å². The first kappa shape index (κ1) is 12.6. The molecule has 1 saturated carbocycles. The van der Waals surface area contributed by atoms with E-state index in [9.17, 15) is 9.59 Å². The molecule has 1 aromatic carbocycles. The maximum atomic E-state index is 12.0. The van der Waals surface area contributed by atoms with Gasteiger partial charge in [-0.1, -0.05) is 24.6 Å². The summed E-state index contributed by atoms with van der Waals surface area (Å²) in [5, 5.41) is 2.92. The van der Waals surface area contributed by atoms with Gasteiger partial charge in [0.2, 0.25) is 0 Å². The zero-order valence-corrected chi connectivity index (χ0v) is 10.4. The molecule has 0 heterocycles. The molecule has 1 N–H and O–H groups in total. The van der Waals surface area contributed by atoms with Crippen molar-refractivity contribution in [3.63, 3.8) is 0 Å². The highest BCUT2D eigenvalue weighted by Crippen LogP contribution is 2.26. The Hall–Kier alpha value is -1.84. The van der Waals surface area contributed by atoms with E-state index in [0.717, 1.165) is 19.3 Å². The van der Waals surface area contributed by atoms with E-state index in [-0.39, 0.29) is 23.8 Å². The molecule has 0 aromatic heterocycles. The molecule has 2 atom stereocenters. The summed E-state index contributed by atoms with van der Waals surface area (Å²) in [6, 6.07) is 8.92. The molecular formula is C14H17NO3. The number of amides is 1. The lowest BCUT2D eigenvalue weighted by molar-refractivity contribution is -0.145. The predicted octanol–water partition coefficient (Wildman–Crippen LogP) is 1.76. The highest BCUT2D eigenvalue weighted by Gasteiger charge is 2.34. The molecule has 1 aromatic rings. The standard InChI is InChI=1S/C14H17NO3/c1-18-14(17)11-8-5-9-12(11)15-13(16)10-6-3-2-4-7-10/h2-4,6-7,11-12H,5,8-9H2,1H3,(H,15,16). The average Bonchev–Trinajstić information content (AvgIpc) is 2.87. The Kier molecular flexibility index (Phi) is 3.97. The maximum Gasteiger partial charge on any atom is 0.310 e. The van der Waals surface area contributed by atoms with Crippen LogP contribution in [0.4, 0.5) is 0 Å². The second-order valence-electron chi connectivity index (χ2n) is 4.51. The minimum Gasteiger partial charge on any atom is -0.469 e. The van der Waals surface area contributed by atoms with E-state index >= 15 is 0 Å². The van der Waals surface area contributed by atoms with E-state index in [4.69, 9.17) is 4.74 Å². The number of carbonyl (C=O) groups excluding carboxylic acids is 2. The Morgan fingerprint density at radius 2 is 1.94 bits per heavy atom. The van der Waals surface area contributed by atoms with Crippen molar-refractivity contribution >= 4 is 11.9 Å². The molecule has 18 heavy (non-hydrogen) atoms. The molecule has 0 spiro atoms. The van der Waals surface area contributed by atoms with Gasteiger partial charge in [-0.2, -0.15) is 0 Å². The molecule has 0 aliphatic heterocycles. The Morgan fingerprint density at radius 1 is 1.22 bits per heavy atom. The van der Waals surface area contributed by atoms with Crippen molar-refractivity contribution < 1.29 is 14.3 Å². The largest absolute Gasteiger partial charge is 0.469 e. The number of esters is 1. The number of methoxy groups -OCH3 is 1. The second-order valence-corrected chi connectivity index (χ2v) is 4.51. The fourth-order valence-corrected chi connectivity index (χ4v) is 2.41. The molecule has 2 rings (SSSR count). The van der Waals surface area contributed by atoms with Crippen molar-refractivity contribution in [3.8, 4) is 0 Å². The lowest BCUT2D eigenvalue weighted by Crippen LogP contribution is -2.40. The van der Waals surface area contributed by atoms with Gasteiger partial charge < -0.3 is 10.1 Å². The first-order valence-electron chi connectivity index (χ1n) is 6.16. The van der Waals surface area contributed by atoms with Crippen LogP contribution in [0.5, 0.6) is 0 Å². The number of carbonyl (C=O) groups is 2. The van der Waals surface area contributed by atoms with Gasteiger partial charge in [0.05, 0.1) is 13.0 Å². The van der Waals surface area contributed by atoms with Gasteiger partial charge >= 0.3 is 5.97 Å². The summed E-state index contributed by atoms with van der Waals surface area (Å²) in [4.78, 5) is 23.6. The van der Waals surface area contributed by atoms with Gasteiger partial charge in [0.15, 0.2) is 0 Å². The van der Waals surface area contributed by atoms with Crippen LogP contribution in [-0.2, 0) is 9.53 Å². The zero-order valence-electron chi connectivity index (χ0n) is 10.4. The SMILES string of the molecule is COC(=O)C1CCCC1NC(=O)c1ccccc1. The predicted molar refractivity (Wildman–Crippen MR) is 67.1 cm³/mol. The van der Waals surface area contributed by atoms with E-state index < -0.39 is 0 Å². The van der Waals surface area contributed by atoms with Gasteiger partial charge in [0.25, 0.3) is 5.91 Å². The van der Waals surface area contributed by atoms with Gasteiger partial charge in [-0.3, -0.25) is 9.59 Å². The van der Waals surface area contributed by atoms with Crippen molar-refractivity contribution in [2.24, 2.45) is 5.92 Å². The molecule has 1 aliphatic rings. The topological polar surface area (TPSA) is 55.4 Å². The summed E-state index contributed by atoms with van der Waals surface area (Å²) >= 11 is 0. The molecule has 1 amide bonds. The van der Waals surface area contributed by atoms with E-state index in [2.05, 4.69) is 5.32 Å². The van der Waals surface area contributed by atoms with E-state index in [1.54, 1.807) is 12.1 Å². The summed E-state index contributed by atoms with van der Waals surface area (Å²) in [7, 11) is 1.39. The molecule has 0 bridgehead atoms. The van der Waals surface area contributed by atoms with E-state index in [1.165, 1.54) is 7.11 Å². The molecule has 2 unspecified atom stereocenters. The van der Waals surface area contributed by atoms with Crippen LogP contribution in [0.15, 0.2) is 30.3 Å². The fraction of sp³-hybridized carbons (Fsp3) is 0.429. The van der Waals surface area contributed by atoms with Gasteiger partial charge in [-0.05, 0) is 25.0 Å². The lowest BCUT2D eigenvalue weighted by atomic mass is 10.0. The third-order valence-electron chi connectivity index (χ3n) is 3.37. The molecule has 0 saturated heterocycles. The maximum absolute atomic E-state index is 12.0. The summed E-state index contributed by atoms with van der Waals surface area (Å²) in [5.41, 5.74) is 0.619. The number of ether oxygens (including phenoxy) is 1. The number of hydrogen-bond acceptors (Lipinski definition) is 3.